The number of anilines is 1. The maximum Gasteiger partial charge on any atom is 0.322 e. The number of amides is 2. The van der Waals surface area contributed by atoms with Gasteiger partial charge in [-0.3, -0.25) is 0 Å². The fourth-order valence-electron chi connectivity index (χ4n) is 4.76. The van der Waals surface area contributed by atoms with Crippen molar-refractivity contribution in [2.75, 3.05) is 32.2 Å². The zero-order valence-electron chi connectivity index (χ0n) is 19.1. The van der Waals surface area contributed by atoms with Crippen molar-refractivity contribution < 1.29 is 19.0 Å². The van der Waals surface area contributed by atoms with Gasteiger partial charge in [-0.1, -0.05) is 19.1 Å². The summed E-state index contributed by atoms with van der Waals surface area (Å²) in [5.41, 5.74) is 4.61. The fraction of sp³-hybridized carbons (Fsp3) is 0.346. The van der Waals surface area contributed by atoms with E-state index in [-0.39, 0.29) is 12.1 Å². The van der Waals surface area contributed by atoms with E-state index in [0.29, 0.717) is 36.9 Å². The second-order valence-electron chi connectivity index (χ2n) is 8.24. The van der Waals surface area contributed by atoms with Crippen molar-refractivity contribution in [3.8, 4) is 17.2 Å². The first-order valence-electron chi connectivity index (χ1n) is 11.3. The maximum absolute atomic E-state index is 13.5. The number of fused-ring (bicyclic) bond motifs is 2. The summed E-state index contributed by atoms with van der Waals surface area (Å²) in [6.07, 6.45) is 1.88. The molecule has 1 unspecified atom stereocenters. The number of thiophene rings is 1. The number of nitrogens with one attached hydrogen (secondary N) is 1. The molecule has 2 aliphatic rings. The van der Waals surface area contributed by atoms with Crippen LogP contribution < -0.4 is 19.5 Å². The van der Waals surface area contributed by atoms with Gasteiger partial charge in [-0.05, 0) is 60.7 Å². The van der Waals surface area contributed by atoms with Crippen LogP contribution in [-0.4, -0.2) is 37.8 Å². The third kappa shape index (κ3) is 4.02. The summed E-state index contributed by atoms with van der Waals surface area (Å²) in [5, 5.41) is 3.08. The maximum atomic E-state index is 13.5. The van der Waals surface area contributed by atoms with E-state index in [2.05, 4.69) is 31.3 Å². The molecule has 2 aliphatic heterocycles. The zero-order valence-corrected chi connectivity index (χ0v) is 20.0. The summed E-state index contributed by atoms with van der Waals surface area (Å²) in [6, 6.07) is 13.3. The Morgan fingerprint density at radius 2 is 1.91 bits per heavy atom. The number of aryl methyl sites for hydroxylation is 1. The van der Waals surface area contributed by atoms with Crippen molar-refractivity contribution in [2.24, 2.45) is 0 Å². The number of carbonyl (C=O) groups excluding carboxylic acids is 1. The number of benzene rings is 2. The number of hydrogen-bond donors (Lipinski definition) is 1. The molecule has 0 fully saturated rings. The molecule has 3 heterocycles. The number of urea groups is 1. The van der Waals surface area contributed by atoms with Gasteiger partial charge in [-0.15, -0.1) is 11.3 Å². The van der Waals surface area contributed by atoms with Gasteiger partial charge < -0.3 is 24.4 Å². The Labute approximate surface area is 198 Å². The van der Waals surface area contributed by atoms with E-state index in [1.165, 1.54) is 20.9 Å². The van der Waals surface area contributed by atoms with E-state index in [9.17, 15) is 4.79 Å². The summed E-state index contributed by atoms with van der Waals surface area (Å²) in [6.45, 7) is 6.10. The smallest absolute Gasteiger partial charge is 0.322 e. The van der Waals surface area contributed by atoms with E-state index in [1.807, 2.05) is 46.6 Å². The minimum absolute atomic E-state index is 0.123. The van der Waals surface area contributed by atoms with E-state index in [4.69, 9.17) is 14.2 Å². The highest BCUT2D eigenvalue weighted by Crippen LogP contribution is 2.43. The lowest BCUT2D eigenvalue weighted by molar-refractivity contribution is 0.171. The number of rotatable bonds is 4. The first-order valence-corrected chi connectivity index (χ1v) is 12.1. The minimum Gasteiger partial charge on any atom is -0.497 e. The summed E-state index contributed by atoms with van der Waals surface area (Å²) < 4.78 is 16.6. The summed E-state index contributed by atoms with van der Waals surface area (Å²) in [4.78, 5) is 18.1. The highest BCUT2D eigenvalue weighted by atomic mass is 32.1. The van der Waals surface area contributed by atoms with Crippen LogP contribution in [0.15, 0.2) is 42.5 Å². The second kappa shape index (κ2) is 8.98. The lowest BCUT2D eigenvalue weighted by Crippen LogP contribution is -2.42. The monoisotopic (exact) mass is 464 g/mol. The van der Waals surface area contributed by atoms with Crippen molar-refractivity contribution in [1.29, 1.82) is 0 Å². The molecule has 0 saturated heterocycles. The number of carbonyl (C=O) groups is 1. The lowest BCUT2D eigenvalue weighted by Gasteiger charge is -2.36. The Morgan fingerprint density at radius 3 is 2.64 bits per heavy atom. The van der Waals surface area contributed by atoms with Gasteiger partial charge in [0.1, 0.15) is 19.0 Å². The fourth-order valence-corrected chi connectivity index (χ4v) is 6.21. The van der Waals surface area contributed by atoms with Gasteiger partial charge in [0.25, 0.3) is 0 Å². The summed E-state index contributed by atoms with van der Waals surface area (Å²) in [5.74, 6) is 2.17. The molecule has 0 aliphatic carbocycles. The predicted molar refractivity (Wildman–Crippen MR) is 130 cm³/mol. The van der Waals surface area contributed by atoms with E-state index in [0.717, 1.165) is 24.2 Å². The molecule has 5 rings (SSSR count). The topological polar surface area (TPSA) is 60.0 Å². The van der Waals surface area contributed by atoms with Crippen LogP contribution in [0.1, 0.15) is 39.4 Å². The molecule has 1 N–H and O–H groups in total. The molecule has 1 aromatic heterocycles. The predicted octanol–water partition coefficient (Wildman–Crippen LogP) is 5.58. The van der Waals surface area contributed by atoms with Crippen molar-refractivity contribution in [1.82, 2.24) is 4.90 Å². The summed E-state index contributed by atoms with van der Waals surface area (Å²) >= 11 is 1.81. The Kier molecular flexibility index (Phi) is 5.89. The average Bonchev–Trinajstić information content (AvgIpc) is 3.18. The van der Waals surface area contributed by atoms with Gasteiger partial charge in [0, 0.05) is 28.1 Å². The van der Waals surface area contributed by atoms with Gasteiger partial charge in [0.05, 0.1) is 13.2 Å². The molecule has 0 bridgehead atoms. The second-order valence-corrected chi connectivity index (χ2v) is 9.50. The molecule has 0 radical (unpaired) electrons. The van der Waals surface area contributed by atoms with Gasteiger partial charge in [0.2, 0.25) is 0 Å². The van der Waals surface area contributed by atoms with Crippen LogP contribution in [0.25, 0.3) is 0 Å². The van der Waals surface area contributed by atoms with Crippen LogP contribution in [0.5, 0.6) is 17.2 Å². The van der Waals surface area contributed by atoms with Crippen LogP contribution in [-0.2, 0) is 12.8 Å². The van der Waals surface area contributed by atoms with Gasteiger partial charge >= 0.3 is 6.03 Å². The molecule has 2 aromatic carbocycles. The molecule has 1 atom stereocenters. The number of hydrogen-bond acceptors (Lipinski definition) is 5. The van der Waals surface area contributed by atoms with Gasteiger partial charge in [-0.2, -0.15) is 0 Å². The SMILES string of the molecule is CCc1c(C)sc2c1CCN(C(=O)Nc1ccc3c(c1)OCCO3)C2c1ccc(OC)cc1. The van der Waals surface area contributed by atoms with Crippen LogP contribution in [0, 0.1) is 6.92 Å². The van der Waals surface area contributed by atoms with Crippen molar-refractivity contribution in [3.05, 3.63) is 68.9 Å². The van der Waals surface area contributed by atoms with Crippen LogP contribution in [0.4, 0.5) is 10.5 Å². The molecular weight excluding hydrogens is 436 g/mol. The third-order valence-electron chi connectivity index (χ3n) is 6.35. The van der Waals surface area contributed by atoms with Crippen LogP contribution in [0.3, 0.4) is 0 Å². The lowest BCUT2D eigenvalue weighted by atomic mass is 9.92. The molecular formula is C26H28N2O4S. The largest absolute Gasteiger partial charge is 0.497 e. The minimum atomic E-state index is -0.138. The molecule has 3 aromatic rings. The number of ether oxygens (including phenoxy) is 3. The molecule has 0 spiro atoms. The van der Waals surface area contributed by atoms with Crippen molar-refractivity contribution in [3.63, 3.8) is 0 Å². The third-order valence-corrected chi connectivity index (χ3v) is 7.59. The Hall–Kier alpha value is -3.19. The van der Waals surface area contributed by atoms with E-state index < -0.39 is 0 Å². The van der Waals surface area contributed by atoms with E-state index >= 15 is 0 Å². The van der Waals surface area contributed by atoms with Gasteiger partial charge in [0.15, 0.2) is 11.5 Å². The Morgan fingerprint density at radius 1 is 1.15 bits per heavy atom. The van der Waals surface area contributed by atoms with E-state index in [1.54, 1.807) is 7.11 Å². The zero-order chi connectivity index (χ0) is 22.9. The number of methoxy groups -OCH3 is 1. The molecule has 7 heteroatoms. The molecule has 6 nitrogen and oxygen atoms in total. The first-order chi connectivity index (χ1) is 16.1. The molecule has 0 saturated carbocycles. The highest BCUT2D eigenvalue weighted by molar-refractivity contribution is 7.12. The standard InChI is InChI=1S/C26H28N2O4S/c1-4-20-16(2)33-25-21(20)11-12-28(24(25)17-5-8-19(30-3)9-6-17)26(29)27-18-7-10-22-23(15-18)32-14-13-31-22/h5-10,15,24H,4,11-14H2,1-3H3,(H,27,29). The first kappa shape index (κ1) is 21.6. The van der Waals surface area contributed by atoms with Crippen LogP contribution in [0.2, 0.25) is 0 Å². The highest BCUT2D eigenvalue weighted by Gasteiger charge is 2.35. The Bertz CT molecular complexity index is 1170. The summed E-state index contributed by atoms with van der Waals surface area (Å²) in [7, 11) is 1.66. The molecule has 2 amide bonds. The van der Waals surface area contributed by atoms with Crippen molar-refractivity contribution >= 4 is 23.1 Å². The van der Waals surface area contributed by atoms with Crippen molar-refractivity contribution in [2.45, 2.75) is 32.7 Å². The van der Waals surface area contributed by atoms with Gasteiger partial charge in [-0.25, -0.2) is 4.79 Å². The number of nitrogens with zero attached hydrogens (tertiary/aromatic N) is 1. The molecule has 172 valence electrons. The quantitative estimate of drug-likeness (QED) is 0.548. The normalized spacial score (nSPS) is 16.8. The molecule has 33 heavy (non-hydrogen) atoms. The van der Waals surface area contributed by atoms with Crippen LogP contribution >= 0.6 is 11.3 Å². The Balaban J connectivity index is 1.48. The average molecular weight is 465 g/mol.